The molecule has 0 amide bonds. The zero-order valence-electron chi connectivity index (χ0n) is 7.11. The van der Waals surface area contributed by atoms with Crippen molar-refractivity contribution in [3.8, 4) is 0 Å². The molecule has 1 nitrogen and oxygen atoms in total. The third-order valence-corrected chi connectivity index (χ3v) is 1.53. The molecule has 0 aromatic heterocycles. The second-order valence-corrected chi connectivity index (χ2v) is 2.64. The summed E-state index contributed by atoms with van der Waals surface area (Å²) in [6.07, 6.45) is 4.94. The molecule has 1 aliphatic rings. The Morgan fingerprint density at radius 3 is 2.10 bits per heavy atom. The van der Waals surface area contributed by atoms with E-state index in [1.807, 2.05) is 17.7 Å². The molecular formula is C7H10Li2O. The molecular weight excluding hydrogens is 114 g/mol. The molecule has 3 heteroatoms. The summed E-state index contributed by atoms with van der Waals surface area (Å²) in [6.45, 7) is 1.58. The van der Waals surface area contributed by atoms with Gasteiger partial charge in [0.1, 0.15) is 0 Å². The van der Waals surface area contributed by atoms with E-state index in [0.29, 0.717) is 5.09 Å². The van der Waals surface area contributed by atoms with E-state index in [2.05, 4.69) is 23.8 Å². The quantitative estimate of drug-likeness (QED) is 0.476. The van der Waals surface area contributed by atoms with E-state index in [0.717, 1.165) is 0 Å². The van der Waals surface area contributed by atoms with Gasteiger partial charge in [-0.15, -0.1) is 0 Å². The molecule has 0 radical (unpaired) electrons. The molecule has 0 saturated heterocycles. The molecule has 0 atom stereocenters. The van der Waals surface area contributed by atoms with E-state index in [-0.39, 0.29) is 5.78 Å². The van der Waals surface area contributed by atoms with Crippen molar-refractivity contribution in [3.05, 3.63) is 10.3 Å². The minimum atomic E-state index is 0.255. The Bertz CT molecular complexity index is 141. The molecule has 0 aliphatic heterocycles. The molecule has 0 saturated carbocycles. The van der Waals surface area contributed by atoms with Crippen LogP contribution in [0.15, 0.2) is 10.3 Å². The van der Waals surface area contributed by atoms with Crippen LogP contribution in [0.1, 0.15) is 19.8 Å². The Hall–Kier alpha value is 0.605. The summed E-state index contributed by atoms with van der Waals surface area (Å²) in [6, 6.07) is 0. The van der Waals surface area contributed by atoms with Crippen LogP contribution < -0.4 is 0 Å². The van der Waals surface area contributed by atoms with Crippen molar-refractivity contribution in [2.45, 2.75) is 24.9 Å². The van der Waals surface area contributed by atoms with Crippen LogP contribution in [0.5, 0.6) is 0 Å². The molecule has 0 aromatic carbocycles. The standard InChI is InChI=1S/C4H5.C3H5O.2Li/c1-2-4-3-1;1-3(2)4;;/h1H,2,4H2;1H2,2H3;;. The maximum absolute atomic E-state index is 9.81. The predicted molar refractivity (Wildman–Crippen MR) is 44.3 cm³/mol. The number of hydrogen-bond donors (Lipinski definition) is 0. The van der Waals surface area contributed by atoms with Crippen LogP contribution in [0.4, 0.5) is 0 Å². The molecule has 0 heterocycles. The van der Waals surface area contributed by atoms with Gasteiger partial charge < -0.3 is 0 Å². The van der Waals surface area contributed by atoms with Crippen LogP contribution in [0.2, 0.25) is 5.09 Å². The Morgan fingerprint density at radius 1 is 1.80 bits per heavy atom. The summed E-state index contributed by atoms with van der Waals surface area (Å²) in [5, 5.41) is 0.667. The van der Waals surface area contributed by atoms with Crippen LogP contribution in [0.3, 0.4) is 0 Å². The molecule has 0 N–H and O–H groups in total. The zero-order chi connectivity index (χ0) is 7.98. The normalized spacial score (nSPS) is 14.3. The topological polar surface area (TPSA) is 17.1 Å². The Kier molecular flexibility index (Phi) is 6.71. The molecule has 1 rings (SSSR count). The monoisotopic (exact) mass is 124 g/mol. The van der Waals surface area contributed by atoms with Gasteiger partial charge in [-0.25, -0.2) is 0 Å². The summed E-state index contributed by atoms with van der Waals surface area (Å²) in [5.41, 5.74) is 0. The first-order chi connectivity index (χ1) is 4.66. The summed E-state index contributed by atoms with van der Waals surface area (Å²) in [7, 11) is 0. The third-order valence-electron chi connectivity index (χ3n) is 1.53. The van der Waals surface area contributed by atoms with Gasteiger partial charge in [0.2, 0.25) is 0 Å². The molecule has 0 aromatic rings. The van der Waals surface area contributed by atoms with Crippen LogP contribution in [0.25, 0.3) is 0 Å². The van der Waals surface area contributed by atoms with E-state index < -0.39 is 0 Å². The minimum absolute atomic E-state index is 0.255. The van der Waals surface area contributed by atoms with Crippen LogP contribution in [-0.4, -0.2) is 41.2 Å². The van der Waals surface area contributed by atoms with E-state index in [1.165, 1.54) is 12.8 Å². The number of carbonyl (C=O) groups is 1. The van der Waals surface area contributed by atoms with Gasteiger partial charge in [-0.1, -0.05) is 0 Å². The van der Waals surface area contributed by atoms with Crippen LogP contribution in [0, 0.1) is 0 Å². The number of rotatable bonds is 1. The SMILES string of the molecule is [Li][CH2]C(C)=O.[Li][C]1=CCC1. The van der Waals surface area contributed by atoms with Gasteiger partial charge >= 0.3 is 81.2 Å². The first-order valence-electron chi connectivity index (χ1n) is 3.82. The van der Waals surface area contributed by atoms with E-state index in [1.54, 1.807) is 11.2 Å². The molecule has 46 valence electrons. The molecule has 0 fully saturated rings. The fraction of sp³-hybridized carbons (Fsp3) is 0.571. The summed E-state index contributed by atoms with van der Waals surface area (Å²) < 4.78 is 1.56. The average molecular weight is 124 g/mol. The molecule has 0 unspecified atom stereocenters. The average Bonchev–Trinajstić information content (AvgIpc) is 1.85. The number of ketones is 1. The van der Waals surface area contributed by atoms with Crippen LogP contribution in [-0.2, 0) is 4.79 Å². The Morgan fingerprint density at radius 2 is 2.10 bits per heavy atom. The number of Topliss-reactive ketones (excluding diaryl/α,β-unsaturated/α-hetero) is 1. The number of hydrogen-bond acceptors (Lipinski definition) is 1. The van der Waals surface area contributed by atoms with E-state index >= 15 is 0 Å². The van der Waals surface area contributed by atoms with Gasteiger partial charge in [0.15, 0.2) is 0 Å². The first-order valence-corrected chi connectivity index (χ1v) is 3.82. The van der Waals surface area contributed by atoms with Gasteiger partial charge in [0.05, 0.1) is 0 Å². The van der Waals surface area contributed by atoms with Crippen molar-refractivity contribution in [3.63, 3.8) is 0 Å². The number of carbonyl (C=O) groups excluding carboxylic acids is 1. The van der Waals surface area contributed by atoms with Crippen molar-refractivity contribution in [2.75, 3.05) is 0 Å². The fourth-order valence-corrected chi connectivity index (χ4v) is 0.433. The van der Waals surface area contributed by atoms with Crippen molar-refractivity contribution in [1.82, 2.24) is 0 Å². The zero-order valence-corrected chi connectivity index (χ0v) is 7.11. The Labute approximate surface area is 81.0 Å². The molecule has 0 bridgehead atoms. The van der Waals surface area contributed by atoms with E-state index in [9.17, 15) is 4.79 Å². The van der Waals surface area contributed by atoms with E-state index in [4.69, 9.17) is 0 Å². The Balaban J connectivity index is 0.000000162. The van der Waals surface area contributed by atoms with Gasteiger partial charge in [0.25, 0.3) is 0 Å². The second kappa shape index (κ2) is 6.32. The van der Waals surface area contributed by atoms with Crippen molar-refractivity contribution in [2.24, 2.45) is 0 Å². The summed E-state index contributed by atoms with van der Waals surface area (Å²) >= 11 is 4.02. The van der Waals surface area contributed by atoms with Gasteiger partial charge in [0, 0.05) is 0 Å². The molecule has 0 spiro atoms. The maximum atomic E-state index is 9.81. The van der Waals surface area contributed by atoms with Crippen molar-refractivity contribution < 1.29 is 4.79 Å². The second-order valence-electron chi connectivity index (χ2n) is 2.64. The summed E-state index contributed by atoms with van der Waals surface area (Å²) in [4.78, 5) is 9.81. The molecule has 10 heavy (non-hydrogen) atoms. The molecule has 1 aliphatic carbocycles. The van der Waals surface area contributed by atoms with Crippen molar-refractivity contribution >= 4 is 41.2 Å². The predicted octanol–water partition coefficient (Wildman–Crippen LogP) is 0.995. The summed E-state index contributed by atoms with van der Waals surface area (Å²) in [5.74, 6) is 0.255. The van der Waals surface area contributed by atoms with Crippen LogP contribution >= 0.6 is 0 Å². The fourth-order valence-electron chi connectivity index (χ4n) is 0.433. The first kappa shape index (κ1) is 10.6. The van der Waals surface area contributed by atoms with Gasteiger partial charge in [-0.3, -0.25) is 0 Å². The third kappa shape index (κ3) is 6.72. The van der Waals surface area contributed by atoms with Crippen molar-refractivity contribution in [1.29, 1.82) is 0 Å². The van der Waals surface area contributed by atoms with Gasteiger partial charge in [-0.2, -0.15) is 0 Å². The number of allylic oxidation sites excluding steroid dienone is 2. The van der Waals surface area contributed by atoms with Gasteiger partial charge in [-0.05, 0) is 0 Å².